The zero-order valence-electron chi connectivity index (χ0n) is 17.1. The van der Waals surface area contributed by atoms with E-state index in [1.807, 2.05) is 48.2 Å². The predicted octanol–water partition coefficient (Wildman–Crippen LogP) is 3.71. The molecule has 2 fully saturated rings. The molecule has 0 N–H and O–H groups in total. The van der Waals surface area contributed by atoms with Crippen molar-refractivity contribution < 1.29 is 18.8 Å². The molecular weight excluding hydrogens is 368 g/mol. The molecule has 2 aliphatic rings. The van der Waals surface area contributed by atoms with Crippen LogP contribution < -0.4 is 0 Å². The van der Waals surface area contributed by atoms with Gasteiger partial charge in [-0.3, -0.25) is 9.59 Å². The van der Waals surface area contributed by atoms with Crippen molar-refractivity contribution in [2.45, 2.75) is 39.5 Å². The summed E-state index contributed by atoms with van der Waals surface area (Å²) < 4.78 is 11.0. The molecule has 1 aromatic heterocycles. The monoisotopic (exact) mass is 396 g/mol. The van der Waals surface area contributed by atoms with Crippen LogP contribution in [0.3, 0.4) is 0 Å². The zero-order valence-corrected chi connectivity index (χ0v) is 17.1. The molecule has 1 aliphatic heterocycles. The van der Waals surface area contributed by atoms with Crippen molar-refractivity contribution in [2.75, 3.05) is 19.7 Å². The Labute approximate surface area is 171 Å². The van der Waals surface area contributed by atoms with Crippen LogP contribution in [0.5, 0.6) is 0 Å². The van der Waals surface area contributed by atoms with Crippen molar-refractivity contribution in [3.8, 4) is 11.3 Å². The molecule has 1 saturated carbocycles. The van der Waals surface area contributed by atoms with Gasteiger partial charge >= 0.3 is 5.97 Å². The van der Waals surface area contributed by atoms with Crippen LogP contribution in [0.4, 0.5) is 0 Å². The summed E-state index contributed by atoms with van der Waals surface area (Å²) in [5.74, 6) is 1.13. The van der Waals surface area contributed by atoms with Gasteiger partial charge in [0.1, 0.15) is 11.5 Å². The minimum atomic E-state index is -0.782. The van der Waals surface area contributed by atoms with E-state index in [0.717, 1.165) is 24.1 Å². The lowest BCUT2D eigenvalue weighted by atomic mass is 9.76. The average Bonchev–Trinajstić information content (AvgIpc) is 3.29. The molecule has 0 unspecified atom stereocenters. The second kappa shape index (κ2) is 8.01. The molecule has 4 rings (SSSR count). The highest BCUT2D eigenvalue weighted by Gasteiger charge is 2.49. The van der Waals surface area contributed by atoms with Gasteiger partial charge in [0.15, 0.2) is 0 Å². The van der Waals surface area contributed by atoms with Crippen LogP contribution in [0, 0.1) is 17.3 Å². The van der Waals surface area contributed by atoms with E-state index in [-0.39, 0.29) is 17.8 Å². The van der Waals surface area contributed by atoms with Crippen molar-refractivity contribution in [1.82, 2.24) is 10.1 Å². The third-order valence-electron chi connectivity index (χ3n) is 6.16. The Balaban J connectivity index is 1.56. The maximum atomic E-state index is 13.0. The van der Waals surface area contributed by atoms with Crippen molar-refractivity contribution in [3.05, 3.63) is 42.2 Å². The third kappa shape index (κ3) is 4.07. The number of piperidine rings is 1. The van der Waals surface area contributed by atoms with Crippen LogP contribution in [0.2, 0.25) is 0 Å². The number of amides is 1. The fourth-order valence-electron chi connectivity index (χ4n) is 4.36. The molecule has 0 radical (unpaired) electrons. The van der Waals surface area contributed by atoms with Crippen LogP contribution in [0.25, 0.3) is 11.3 Å². The molecular formula is C23H28N2O4. The smallest absolute Gasteiger partial charge is 0.314 e. The summed E-state index contributed by atoms with van der Waals surface area (Å²) in [7, 11) is 0. The molecule has 29 heavy (non-hydrogen) atoms. The highest BCUT2D eigenvalue weighted by atomic mass is 16.5. The highest BCUT2D eigenvalue weighted by molar-refractivity contribution is 5.84. The number of ether oxygens (including phenoxy) is 1. The number of hydrogen-bond donors (Lipinski definition) is 0. The number of hydrogen-bond acceptors (Lipinski definition) is 5. The number of rotatable bonds is 6. The summed E-state index contributed by atoms with van der Waals surface area (Å²) in [6.45, 7) is 5.32. The van der Waals surface area contributed by atoms with Crippen molar-refractivity contribution in [1.29, 1.82) is 0 Å². The number of carbonyl (C=O) groups excluding carboxylic acids is 2. The lowest BCUT2D eigenvalue weighted by Gasteiger charge is -2.40. The molecule has 1 saturated heterocycles. The number of nitrogens with zero attached hydrogens (tertiary/aromatic N) is 2. The Kier molecular flexibility index (Phi) is 5.43. The molecule has 2 heterocycles. The first kappa shape index (κ1) is 19.7. The van der Waals surface area contributed by atoms with E-state index in [9.17, 15) is 9.59 Å². The number of benzene rings is 1. The van der Waals surface area contributed by atoms with E-state index in [1.165, 1.54) is 0 Å². The molecule has 0 spiro atoms. The normalized spacial score (nSPS) is 26.2. The minimum absolute atomic E-state index is 0.114. The first-order valence-electron chi connectivity index (χ1n) is 10.5. The minimum Gasteiger partial charge on any atom is -0.466 e. The van der Waals surface area contributed by atoms with Gasteiger partial charge in [0.2, 0.25) is 5.91 Å². The lowest BCUT2D eigenvalue weighted by molar-refractivity contribution is -0.161. The summed E-state index contributed by atoms with van der Waals surface area (Å²) in [5, 5.41) is 4.18. The zero-order chi connectivity index (χ0) is 20.4. The SMILES string of the molecule is CCOC(=O)[C@]1(Cc2cc(-c3ccccc3)no2)CCCN(C(=O)[C@H]2C[C@@H]2C)C1. The summed E-state index contributed by atoms with van der Waals surface area (Å²) in [6.07, 6.45) is 2.79. The summed E-state index contributed by atoms with van der Waals surface area (Å²) >= 11 is 0. The van der Waals surface area contributed by atoms with Gasteiger partial charge in [-0.15, -0.1) is 0 Å². The van der Waals surface area contributed by atoms with Crippen LogP contribution >= 0.6 is 0 Å². The van der Waals surface area contributed by atoms with Gasteiger partial charge in [-0.2, -0.15) is 0 Å². The van der Waals surface area contributed by atoms with Gasteiger partial charge in [0.25, 0.3) is 0 Å². The number of likely N-dealkylation sites (tertiary alicyclic amines) is 1. The Morgan fingerprint density at radius 3 is 2.76 bits per heavy atom. The third-order valence-corrected chi connectivity index (χ3v) is 6.16. The second-order valence-electron chi connectivity index (χ2n) is 8.40. The Morgan fingerprint density at radius 2 is 2.07 bits per heavy atom. The average molecular weight is 396 g/mol. The first-order valence-corrected chi connectivity index (χ1v) is 10.5. The van der Waals surface area contributed by atoms with Crippen molar-refractivity contribution in [2.24, 2.45) is 17.3 Å². The summed E-state index contributed by atoms with van der Waals surface area (Å²) in [4.78, 5) is 27.7. The summed E-state index contributed by atoms with van der Waals surface area (Å²) in [5.41, 5.74) is 0.932. The quantitative estimate of drug-likeness (QED) is 0.696. The fourth-order valence-corrected chi connectivity index (χ4v) is 4.36. The summed E-state index contributed by atoms with van der Waals surface area (Å²) in [6, 6.07) is 11.7. The second-order valence-corrected chi connectivity index (χ2v) is 8.40. The van der Waals surface area contributed by atoms with Crippen molar-refractivity contribution >= 4 is 11.9 Å². The molecule has 6 heteroatoms. The van der Waals surface area contributed by atoms with E-state index in [2.05, 4.69) is 12.1 Å². The van der Waals surface area contributed by atoms with Gasteiger partial charge in [0, 0.05) is 37.1 Å². The molecule has 1 aliphatic carbocycles. The van der Waals surface area contributed by atoms with Crippen molar-refractivity contribution in [3.63, 3.8) is 0 Å². The van der Waals surface area contributed by atoms with Crippen LogP contribution in [0.1, 0.15) is 38.9 Å². The Bertz CT molecular complexity index is 878. The van der Waals surface area contributed by atoms with E-state index in [4.69, 9.17) is 9.26 Å². The number of aromatic nitrogens is 1. The topological polar surface area (TPSA) is 72.6 Å². The molecule has 3 atom stereocenters. The maximum absolute atomic E-state index is 13.0. The Morgan fingerprint density at radius 1 is 1.31 bits per heavy atom. The van der Waals surface area contributed by atoms with E-state index >= 15 is 0 Å². The fraction of sp³-hybridized carbons (Fsp3) is 0.522. The van der Waals surface area contributed by atoms with Gasteiger partial charge in [-0.05, 0) is 32.1 Å². The predicted molar refractivity (Wildman–Crippen MR) is 108 cm³/mol. The molecule has 6 nitrogen and oxygen atoms in total. The molecule has 1 amide bonds. The van der Waals surface area contributed by atoms with Crippen LogP contribution in [-0.4, -0.2) is 41.6 Å². The standard InChI is InChI=1S/C23H28N2O4/c1-3-28-22(27)23(10-7-11-25(15-23)21(26)19-12-16(19)2)14-18-13-20(24-29-18)17-8-5-4-6-9-17/h4-6,8-9,13,16,19H,3,7,10-12,14-15H2,1-2H3/t16-,19-,23-/m0/s1. The number of carbonyl (C=O) groups is 2. The largest absolute Gasteiger partial charge is 0.466 e. The first-order chi connectivity index (χ1) is 14.0. The molecule has 154 valence electrons. The van der Waals surface area contributed by atoms with E-state index in [0.29, 0.717) is 44.2 Å². The molecule has 2 aromatic rings. The van der Waals surface area contributed by atoms with Gasteiger partial charge in [-0.25, -0.2) is 0 Å². The van der Waals surface area contributed by atoms with E-state index in [1.54, 1.807) is 0 Å². The van der Waals surface area contributed by atoms with Crippen LogP contribution in [-0.2, 0) is 20.7 Å². The van der Waals surface area contributed by atoms with Crippen LogP contribution in [0.15, 0.2) is 40.9 Å². The van der Waals surface area contributed by atoms with Gasteiger partial charge < -0.3 is 14.2 Å². The van der Waals surface area contributed by atoms with E-state index < -0.39 is 5.41 Å². The Hall–Kier alpha value is -2.63. The molecule has 0 bridgehead atoms. The highest BCUT2D eigenvalue weighted by Crippen LogP contribution is 2.42. The van der Waals surface area contributed by atoms with Gasteiger partial charge in [-0.1, -0.05) is 42.4 Å². The van der Waals surface area contributed by atoms with Gasteiger partial charge in [0.05, 0.1) is 12.0 Å². The lowest BCUT2D eigenvalue weighted by Crippen LogP contribution is -2.52. The number of esters is 1. The maximum Gasteiger partial charge on any atom is 0.314 e. The molecule has 1 aromatic carbocycles.